The van der Waals surface area contributed by atoms with E-state index >= 15 is 0 Å². The van der Waals surface area contributed by atoms with Gasteiger partial charge in [0, 0.05) is 23.7 Å². The number of nitrogens with zero attached hydrogens (tertiary/aromatic N) is 2. The highest BCUT2D eigenvalue weighted by atomic mass is 19.4. The van der Waals surface area contributed by atoms with Gasteiger partial charge in [-0.3, -0.25) is 9.48 Å². The van der Waals surface area contributed by atoms with Crippen LogP contribution in [-0.2, 0) is 24.1 Å². The molecule has 2 aromatic rings. The monoisotopic (exact) mass is 367 g/mol. The average Bonchev–Trinajstić information content (AvgIpc) is 3.34. The molecule has 1 heterocycles. The highest BCUT2D eigenvalue weighted by Gasteiger charge is 2.38. The number of para-hydroxylation sites is 1. The molecule has 0 saturated heterocycles. The van der Waals surface area contributed by atoms with Gasteiger partial charge in [0.15, 0.2) is 5.69 Å². The van der Waals surface area contributed by atoms with Crippen LogP contribution in [0.2, 0.25) is 0 Å². The van der Waals surface area contributed by atoms with Crippen LogP contribution in [0, 0.1) is 0 Å². The van der Waals surface area contributed by atoms with Crippen LogP contribution in [0.4, 0.5) is 13.2 Å². The zero-order valence-electron chi connectivity index (χ0n) is 14.3. The molecule has 0 radical (unpaired) electrons. The van der Waals surface area contributed by atoms with E-state index in [1.54, 1.807) is 6.07 Å². The molecule has 26 heavy (non-hydrogen) atoms. The number of carbonyl (C=O) groups excluding carboxylic acids is 1. The van der Waals surface area contributed by atoms with Crippen molar-refractivity contribution in [1.82, 2.24) is 15.1 Å². The Kier molecular flexibility index (Phi) is 5.20. The molecular formula is C18H20F3N3O2. The van der Waals surface area contributed by atoms with Crippen molar-refractivity contribution in [2.24, 2.45) is 0 Å². The van der Waals surface area contributed by atoms with Crippen molar-refractivity contribution >= 4 is 5.91 Å². The SMILES string of the molecule is CCOc1ccccc1CNC(=O)Cn1nc(C(F)(F)F)cc1C1CC1. The van der Waals surface area contributed by atoms with Gasteiger partial charge in [-0.25, -0.2) is 0 Å². The van der Waals surface area contributed by atoms with Crippen molar-refractivity contribution in [1.29, 1.82) is 0 Å². The Balaban J connectivity index is 1.66. The minimum atomic E-state index is -4.51. The van der Waals surface area contributed by atoms with Gasteiger partial charge in [-0.1, -0.05) is 18.2 Å². The molecule has 1 fully saturated rings. The third-order valence-corrected chi connectivity index (χ3v) is 4.14. The number of benzene rings is 1. The summed E-state index contributed by atoms with van der Waals surface area (Å²) in [5, 5.41) is 6.31. The molecule has 0 bridgehead atoms. The number of hydrogen-bond acceptors (Lipinski definition) is 3. The van der Waals surface area contributed by atoms with Gasteiger partial charge in [0.2, 0.25) is 5.91 Å². The molecule has 1 amide bonds. The van der Waals surface area contributed by atoms with Crippen molar-refractivity contribution in [3.8, 4) is 5.75 Å². The van der Waals surface area contributed by atoms with Crippen LogP contribution in [0.5, 0.6) is 5.75 Å². The van der Waals surface area contributed by atoms with E-state index in [9.17, 15) is 18.0 Å². The van der Waals surface area contributed by atoms with E-state index in [1.807, 2.05) is 25.1 Å². The van der Waals surface area contributed by atoms with E-state index in [0.717, 1.165) is 24.5 Å². The molecule has 1 aromatic carbocycles. The van der Waals surface area contributed by atoms with Crippen LogP contribution in [0.25, 0.3) is 0 Å². The largest absolute Gasteiger partial charge is 0.494 e. The smallest absolute Gasteiger partial charge is 0.435 e. The summed E-state index contributed by atoms with van der Waals surface area (Å²) >= 11 is 0. The van der Waals surface area contributed by atoms with Crippen molar-refractivity contribution < 1.29 is 22.7 Å². The fourth-order valence-electron chi connectivity index (χ4n) is 2.74. The van der Waals surface area contributed by atoms with Crippen LogP contribution >= 0.6 is 0 Å². The number of hydrogen-bond donors (Lipinski definition) is 1. The first-order valence-corrected chi connectivity index (χ1v) is 8.50. The molecule has 1 saturated carbocycles. The van der Waals surface area contributed by atoms with Gasteiger partial charge in [-0.05, 0) is 31.9 Å². The molecule has 0 unspecified atom stereocenters. The van der Waals surface area contributed by atoms with Crippen LogP contribution in [0.15, 0.2) is 30.3 Å². The Morgan fingerprint density at radius 2 is 2.08 bits per heavy atom. The van der Waals surface area contributed by atoms with E-state index in [-0.39, 0.29) is 19.0 Å². The van der Waals surface area contributed by atoms with E-state index in [1.165, 1.54) is 4.68 Å². The number of nitrogens with one attached hydrogen (secondary N) is 1. The molecule has 1 N–H and O–H groups in total. The summed E-state index contributed by atoms with van der Waals surface area (Å²) in [5.74, 6) is 0.340. The zero-order valence-corrected chi connectivity index (χ0v) is 14.3. The summed E-state index contributed by atoms with van der Waals surface area (Å²) in [7, 11) is 0. The van der Waals surface area contributed by atoms with Crippen LogP contribution < -0.4 is 10.1 Å². The second-order valence-corrected chi connectivity index (χ2v) is 6.20. The predicted molar refractivity (Wildman–Crippen MR) is 88.7 cm³/mol. The summed E-state index contributed by atoms with van der Waals surface area (Å²) in [6.45, 7) is 2.37. The molecule has 3 rings (SSSR count). The Labute approximate surface area is 149 Å². The molecule has 140 valence electrons. The molecule has 0 spiro atoms. The first kappa shape index (κ1) is 18.3. The molecule has 1 aromatic heterocycles. The molecule has 1 aliphatic rings. The Hall–Kier alpha value is -2.51. The van der Waals surface area contributed by atoms with E-state index in [0.29, 0.717) is 18.1 Å². The highest BCUT2D eigenvalue weighted by Crippen LogP contribution is 2.42. The lowest BCUT2D eigenvalue weighted by Gasteiger charge is -2.11. The van der Waals surface area contributed by atoms with E-state index in [4.69, 9.17) is 4.74 Å². The Morgan fingerprint density at radius 3 is 2.73 bits per heavy atom. The van der Waals surface area contributed by atoms with E-state index < -0.39 is 17.8 Å². The Morgan fingerprint density at radius 1 is 1.35 bits per heavy atom. The number of ether oxygens (including phenoxy) is 1. The summed E-state index contributed by atoms with van der Waals surface area (Å²) in [5.41, 5.74) is 0.331. The first-order chi connectivity index (χ1) is 12.4. The summed E-state index contributed by atoms with van der Waals surface area (Å²) < 4.78 is 45.4. The van der Waals surface area contributed by atoms with Gasteiger partial charge in [-0.15, -0.1) is 0 Å². The van der Waals surface area contributed by atoms with Gasteiger partial charge in [0.05, 0.1) is 6.61 Å². The summed E-state index contributed by atoms with van der Waals surface area (Å²) in [6, 6.07) is 8.35. The predicted octanol–water partition coefficient (Wildman–Crippen LogP) is 3.49. The maximum Gasteiger partial charge on any atom is 0.435 e. The topological polar surface area (TPSA) is 56.1 Å². The van der Waals surface area contributed by atoms with Crippen molar-refractivity contribution in [3.63, 3.8) is 0 Å². The molecule has 5 nitrogen and oxygen atoms in total. The lowest BCUT2D eigenvalue weighted by atomic mass is 10.2. The number of halogens is 3. The lowest BCUT2D eigenvalue weighted by Crippen LogP contribution is -2.28. The van der Waals surface area contributed by atoms with Gasteiger partial charge in [0.25, 0.3) is 0 Å². The molecule has 0 aliphatic heterocycles. The second kappa shape index (κ2) is 7.39. The molecule has 8 heteroatoms. The normalized spacial score (nSPS) is 14.3. The molecule has 0 atom stereocenters. The maximum atomic E-state index is 12.9. The molecule has 1 aliphatic carbocycles. The highest BCUT2D eigenvalue weighted by molar-refractivity contribution is 5.75. The van der Waals surface area contributed by atoms with Gasteiger partial charge in [-0.2, -0.15) is 18.3 Å². The number of amides is 1. The van der Waals surface area contributed by atoms with Gasteiger partial charge in [0.1, 0.15) is 12.3 Å². The number of carbonyl (C=O) groups is 1. The quantitative estimate of drug-likeness (QED) is 0.815. The van der Waals surface area contributed by atoms with Crippen LogP contribution in [-0.4, -0.2) is 22.3 Å². The van der Waals surface area contributed by atoms with Crippen molar-refractivity contribution in [2.45, 2.75) is 44.9 Å². The van der Waals surface area contributed by atoms with Gasteiger partial charge < -0.3 is 10.1 Å². The number of aromatic nitrogens is 2. The number of alkyl halides is 3. The van der Waals surface area contributed by atoms with Crippen LogP contribution in [0.1, 0.15) is 42.6 Å². The Bertz CT molecular complexity index is 782. The minimum Gasteiger partial charge on any atom is -0.494 e. The fourth-order valence-corrected chi connectivity index (χ4v) is 2.74. The van der Waals surface area contributed by atoms with Crippen molar-refractivity contribution in [2.75, 3.05) is 6.61 Å². The number of rotatable bonds is 7. The third kappa shape index (κ3) is 4.36. The lowest BCUT2D eigenvalue weighted by molar-refractivity contribution is -0.141. The summed E-state index contributed by atoms with van der Waals surface area (Å²) in [6.07, 6.45) is -2.86. The maximum absolute atomic E-state index is 12.9. The van der Waals surface area contributed by atoms with E-state index in [2.05, 4.69) is 10.4 Å². The second-order valence-electron chi connectivity index (χ2n) is 6.20. The van der Waals surface area contributed by atoms with Gasteiger partial charge >= 0.3 is 6.18 Å². The van der Waals surface area contributed by atoms with Crippen LogP contribution in [0.3, 0.4) is 0 Å². The average molecular weight is 367 g/mol. The zero-order chi connectivity index (χ0) is 18.7. The third-order valence-electron chi connectivity index (χ3n) is 4.14. The molecular weight excluding hydrogens is 347 g/mol. The fraction of sp³-hybridized carbons (Fsp3) is 0.444. The standard InChI is InChI=1S/C18H20F3N3O2/c1-2-26-15-6-4-3-5-13(15)10-22-17(25)11-24-14(12-7-8-12)9-16(23-24)18(19,20)21/h3-6,9,12H,2,7-8,10-11H2,1H3,(H,22,25). The van der Waals surface area contributed by atoms with Crippen molar-refractivity contribution in [3.05, 3.63) is 47.3 Å². The first-order valence-electron chi connectivity index (χ1n) is 8.50. The summed E-state index contributed by atoms with van der Waals surface area (Å²) in [4.78, 5) is 12.2. The minimum absolute atomic E-state index is 0.0603.